The number of carbonyl (C=O) groups excluding carboxylic acids is 2. The first-order valence-corrected chi connectivity index (χ1v) is 12.1. The van der Waals surface area contributed by atoms with Crippen molar-refractivity contribution in [1.29, 1.82) is 5.26 Å². The minimum Gasteiger partial charge on any atom is -0.491 e. The Kier molecular flexibility index (Phi) is 7.70. The highest BCUT2D eigenvalue weighted by atomic mass is 16.5. The number of benzene rings is 3. The third-order valence-corrected chi connectivity index (χ3v) is 6.80. The van der Waals surface area contributed by atoms with E-state index in [1.54, 1.807) is 24.0 Å². The van der Waals surface area contributed by atoms with Gasteiger partial charge in [0.1, 0.15) is 17.8 Å². The molecule has 0 bridgehead atoms. The molecular weight excluding hydrogens is 452 g/mol. The molecule has 1 amide bonds. The summed E-state index contributed by atoms with van der Waals surface area (Å²) in [6.07, 6.45) is 2.00. The highest BCUT2D eigenvalue weighted by Gasteiger charge is 2.54. The Morgan fingerprint density at radius 1 is 1.03 bits per heavy atom. The zero-order valence-electron chi connectivity index (χ0n) is 20.6. The van der Waals surface area contributed by atoms with Gasteiger partial charge in [-0.05, 0) is 67.1 Å². The number of rotatable bonds is 9. The topological polar surface area (TPSA) is 79.6 Å². The lowest BCUT2D eigenvalue weighted by Gasteiger charge is -2.25. The summed E-state index contributed by atoms with van der Waals surface area (Å²) < 4.78 is 11.0. The number of hydrogen-bond donors (Lipinski definition) is 0. The molecule has 0 N–H and O–H groups in total. The third kappa shape index (κ3) is 5.41. The van der Waals surface area contributed by atoms with Crippen LogP contribution >= 0.6 is 0 Å². The number of carbonyl (C=O) groups is 2. The van der Waals surface area contributed by atoms with Gasteiger partial charge in [-0.25, -0.2) is 0 Å². The monoisotopic (exact) mass is 482 g/mol. The van der Waals surface area contributed by atoms with Gasteiger partial charge in [0.05, 0.1) is 24.8 Å². The first kappa shape index (κ1) is 25.0. The molecule has 6 heteroatoms. The van der Waals surface area contributed by atoms with Crippen molar-refractivity contribution in [2.75, 3.05) is 20.3 Å². The molecule has 1 aliphatic heterocycles. The highest BCUT2D eigenvalue weighted by molar-refractivity contribution is 6.04. The van der Waals surface area contributed by atoms with E-state index in [1.165, 1.54) is 12.7 Å². The van der Waals surface area contributed by atoms with Crippen LogP contribution in [-0.2, 0) is 20.7 Å². The summed E-state index contributed by atoms with van der Waals surface area (Å²) in [7, 11) is 1.32. The molecule has 3 aromatic rings. The molecule has 0 aromatic heterocycles. The van der Waals surface area contributed by atoms with Crippen LogP contribution in [0.4, 0.5) is 0 Å². The molecular formula is C30H30N2O4. The van der Waals surface area contributed by atoms with Crippen LogP contribution in [0.3, 0.4) is 0 Å². The van der Waals surface area contributed by atoms with E-state index in [1.807, 2.05) is 54.6 Å². The van der Waals surface area contributed by atoms with E-state index in [0.29, 0.717) is 30.9 Å². The van der Waals surface area contributed by atoms with E-state index < -0.39 is 11.4 Å². The van der Waals surface area contributed by atoms with Crippen LogP contribution in [0, 0.1) is 16.7 Å². The maximum atomic E-state index is 13.3. The lowest BCUT2D eigenvalue weighted by Crippen LogP contribution is -2.41. The van der Waals surface area contributed by atoms with Crippen molar-refractivity contribution >= 4 is 11.9 Å². The standard InChI is InChI=1S/C30H30N2O4/c1-30(29(34)35-2)19-26(32(28(30)33)18-6-9-22-7-4-3-5-8-22)21-36-27-16-14-25(15-17-27)24-12-10-23(20-31)11-13-24/h3-5,7-8,10-17,26H,6,9,18-19,21H2,1-2H3/t26-,30-/m1/s1. The van der Waals surface area contributed by atoms with Crippen molar-refractivity contribution in [3.63, 3.8) is 0 Å². The minimum atomic E-state index is -1.20. The number of amides is 1. The second-order valence-corrected chi connectivity index (χ2v) is 9.29. The Morgan fingerprint density at radius 2 is 1.67 bits per heavy atom. The lowest BCUT2D eigenvalue weighted by atomic mass is 9.87. The number of nitriles is 1. The molecule has 0 radical (unpaired) electrons. The molecule has 0 aliphatic carbocycles. The first-order valence-electron chi connectivity index (χ1n) is 12.1. The molecule has 6 nitrogen and oxygen atoms in total. The van der Waals surface area contributed by atoms with Crippen molar-refractivity contribution in [2.24, 2.45) is 5.41 Å². The first-order chi connectivity index (χ1) is 17.4. The molecule has 0 unspecified atom stereocenters. The third-order valence-electron chi connectivity index (χ3n) is 6.80. The Labute approximate surface area is 212 Å². The van der Waals surface area contributed by atoms with Crippen molar-refractivity contribution in [3.8, 4) is 22.9 Å². The number of ether oxygens (including phenoxy) is 2. The fraction of sp³-hybridized carbons (Fsp3) is 0.300. The SMILES string of the molecule is COC(=O)[C@]1(C)C[C@H](COc2ccc(-c3ccc(C#N)cc3)cc2)N(CCCc2ccccc2)C1=O. The van der Waals surface area contributed by atoms with Gasteiger partial charge in [-0.2, -0.15) is 5.26 Å². The average molecular weight is 483 g/mol. The van der Waals surface area contributed by atoms with Gasteiger partial charge in [-0.3, -0.25) is 9.59 Å². The van der Waals surface area contributed by atoms with Crippen molar-refractivity contribution in [1.82, 2.24) is 4.90 Å². The number of aryl methyl sites for hydroxylation is 1. The van der Waals surface area contributed by atoms with Crippen LogP contribution in [0.25, 0.3) is 11.1 Å². The van der Waals surface area contributed by atoms with E-state index in [-0.39, 0.29) is 11.9 Å². The Balaban J connectivity index is 1.42. The van der Waals surface area contributed by atoms with Crippen LogP contribution < -0.4 is 4.74 Å². The fourth-order valence-electron chi connectivity index (χ4n) is 4.75. The summed E-state index contributed by atoms with van der Waals surface area (Å²) in [5.41, 5.74) is 2.67. The minimum absolute atomic E-state index is 0.202. The number of methoxy groups -OCH3 is 1. The van der Waals surface area contributed by atoms with Crippen molar-refractivity contribution in [2.45, 2.75) is 32.2 Å². The molecule has 3 aromatic carbocycles. The van der Waals surface area contributed by atoms with Crippen LogP contribution in [0.5, 0.6) is 5.75 Å². The second-order valence-electron chi connectivity index (χ2n) is 9.29. The summed E-state index contributed by atoms with van der Waals surface area (Å²) in [6, 6.07) is 27.2. The summed E-state index contributed by atoms with van der Waals surface area (Å²) >= 11 is 0. The summed E-state index contributed by atoms with van der Waals surface area (Å²) in [5, 5.41) is 8.98. The molecule has 1 fully saturated rings. The average Bonchev–Trinajstić information content (AvgIpc) is 3.18. The van der Waals surface area contributed by atoms with Crippen LogP contribution in [-0.4, -0.2) is 43.1 Å². The van der Waals surface area contributed by atoms with Crippen LogP contribution in [0.1, 0.15) is 30.9 Å². The molecule has 2 atom stereocenters. The zero-order valence-corrected chi connectivity index (χ0v) is 20.6. The number of hydrogen-bond acceptors (Lipinski definition) is 5. The predicted molar refractivity (Wildman–Crippen MR) is 137 cm³/mol. The normalized spacial score (nSPS) is 19.1. The van der Waals surface area contributed by atoms with Gasteiger partial charge in [0.2, 0.25) is 5.91 Å². The molecule has 1 heterocycles. The predicted octanol–water partition coefficient (Wildman–Crippen LogP) is 5.02. The van der Waals surface area contributed by atoms with Gasteiger partial charge in [0, 0.05) is 6.54 Å². The molecule has 1 saturated heterocycles. The molecule has 4 rings (SSSR count). The Bertz CT molecular complexity index is 1230. The number of nitrogens with zero attached hydrogens (tertiary/aromatic N) is 2. The molecule has 1 aliphatic rings. The smallest absolute Gasteiger partial charge is 0.321 e. The van der Waals surface area contributed by atoms with E-state index in [9.17, 15) is 9.59 Å². The molecule has 36 heavy (non-hydrogen) atoms. The molecule has 184 valence electrons. The summed E-state index contributed by atoms with van der Waals surface area (Å²) in [6.45, 7) is 2.50. The van der Waals surface area contributed by atoms with E-state index in [4.69, 9.17) is 14.7 Å². The number of likely N-dealkylation sites (tertiary alicyclic amines) is 1. The molecule has 0 saturated carbocycles. The fourth-order valence-corrected chi connectivity index (χ4v) is 4.75. The maximum Gasteiger partial charge on any atom is 0.321 e. The van der Waals surface area contributed by atoms with Crippen molar-refractivity contribution < 1.29 is 19.1 Å². The molecule has 0 spiro atoms. The lowest BCUT2D eigenvalue weighted by molar-refractivity contribution is -0.157. The highest BCUT2D eigenvalue weighted by Crippen LogP contribution is 2.37. The van der Waals surface area contributed by atoms with Gasteiger partial charge >= 0.3 is 5.97 Å². The van der Waals surface area contributed by atoms with E-state index >= 15 is 0 Å². The quantitative estimate of drug-likeness (QED) is 0.316. The summed E-state index contributed by atoms with van der Waals surface area (Å²) in [4.78, 5) is 27.6. The van der Waals surface area contributed by atoms with E-state index in [0.717, 1.165) is 24.0 Å². The van der Waals surface area contributed by atoms with Crippen molar-refractivity contribution in [3.05, 3.63) is 90.0 Å². The van der Waals surface area contributed by atoms with Gasteiger partial charge < -0.3 is 14.4 Å². The van der Waals surface area contributed by atoms with Crippen LogP contribution in [0.2, 0.25) is 0 Å². The zero-order chi connectivity index (χ0) is 25.5. The largest absolute Gasteiger partial charge is 0.491 e. The van der Waals surface area contributed by atoms with Gasteiger partial charge in [0.15, 0.2) is 0 Å². The maximum absolute atomic E-state index is 13.3. The second kappa shape index (κ2) is 11.1. The van der Waals surface area contributed by atoms with Gasteiger partial charge in [-0.1, -0.05) is 54.6 Å². The van der Waals surface area contributed by atoms with Crippen LogP contribution in [0.15, 0.2) is 78.9 Å². The Hall–Kier alpha value is -4.11. The van der Waals surface area contributed by atoms with Gasteiger partial charge in [-0.15, -0.1) is 0 Å². The van der Waals surface area contributed by atoms with E-state index in [2.05, 4.69) is 18.2 Å². The Morgan fingerprint density at radius 3 is 2.28 bits per heavy atom. The summed E-state index contributed by atoms with van der Waals surface area (Å²) in [5.74, 6) is -0.0160. The number of esters is 1. The van der Waals surface area contributed by atoms with Gasteiger partial charge in [0.25, 0.3) is 0 Å².